The molecule has 1 fully saturated rings. The summed E-state index contributed by atoms with van der Waals surface area (Å²) in [6.07, 6.45) is 1.74. The van der Waals surface area contributed by atoms with Crippen molar-refractivity contribution in [1.82, 2.24) is 30.7 Å². The first-order valence-corrected chi connectivity index (χ1v) is 15.5. The van der Waals surface area contributed by atoms with Gasteiger partial charge in [-0.1, -0.05) is 66.4 Å². The van der Waals surface area contributed by atoms with Crippen molar-refractivity contribution in [1.29, 1.82) is 0 Å². The predicted octanol–water partition coefficient (Wildman–Crippen LogP) is 2.47. The minimum absolute atomic E-state index is 0.0296. The van der Waals surface area contributed by atoms with Gasteiger partial charge in [-0.15, -0.1) is 11.8 Å². The highest BCUT2D eigenvalue weighted by atomic mass is 32.2. The van der Waals surface area contributed by atoms with Gasteiger partial charge >= 0.3 is 0 Å². The highest BCUT2D eigenvalue weighted by molar-refractivity contribution is 8.01. The largest absolute Gasteiger partial charge is 0.381 e. The van der Waals surface area contributed by atoms with Gasteiger partial charge in [0, 0.05) is 4.75 Å². The molecule has 5 rings (SSSR count). The molecule has 12 heteroatoms. The fraction of sp³-hybridized carbons (Fsp3) is 0.414. The molecule has 0 saturated carbocycles. The number of aliphatic hydroxyl groups is 1. The molecule has 1 aromatic heterocycles. The van der Waals surface area contributed by atoms with E-state index in [0.717, 1.165) is 24.0 Å². The quantitative estimate of drug-likeness (QED) is 0.263. The SMILES string of the molecule is CC1(C)SCN(C(=O)C(O)C(Cc2ccccc2)NC(=O)CSc2ncn[nH]2)C1C(=O)NC1CCc2ccccc21. The van der Waals surface area contributed by atoms with Crippen LogP contribution in [-0.2, 0) is 27.2 Å². The first-order valence-electron chi connectivity index (χ1n) is 13.5. The van der Waals surface area contributed by atoms with Gasteiger partial charge in [-0.25, -0.2) is 4.98 Å². The van der Waals surface area contributed by atoms with Crippen molar-refractivity contribution in [3.63, 3.8) is 0 Å². The molecule has 1 saturated heterocycles. The fourth-order valence-corrected chi connectivity index (χ4v) is 7.20. The lowest BCUT2D eigenvalue weighted by molar-refractivity contribution is -0.148. The number of aromatic amines is 1. The van der Waals surface area contributed by atoms with Gasteiger partial charge in [0.05, 0.1) is 23.7 Å². The zero-order chi connectivity index (χ0) is 29.0. The highest BCUT2D eigenvalue weighted by Gasteiger charge is 2.50. The summed E-state index contributed by atoms with van der Waals surface area (Å²) < 4.78 is -0.566. The topological polar surface area (TPSA) is 140 Å². The number of hydrogen-bond donors (Lipinski definition) is 4. The second-order valence-electron chi connectivity index (χ2n) is 10.8. The lowest BCUT2D eigenvalue weighted by Gasteiger charge is -2.34. The number of benzene rings is 2. The zero-order valence-electron chi connectivity index (χ0n) is 22.9. The van der Waals surface area contributed by atoms with Gasteiger partial charge in [0.1, 0.15) is 12.4 Å². The van der Waals surface area contributed by atoms with E-state index >= 15 is 0 Å². The van der Waals surface area contributed by atoms with Crippen LogP contribution in [0.1, 0.15) is 43.0 Å². The number of aliphatic hydroxyl groups excluding tert-OH is 1. The average molecular weight is 595 g/mol. The maximum Gasteiger partial charge on any atom is 0.254 e. The van der Waals surface area contributed by atoms with E-state index in [2.05, 4.69) is 31.9 Å². The summed E-state index contributed by atoms with van der Waals surface area (Å²) in [5, 5.41) is 24.4. The second kappa shape index (κ2) is 12.7. The van der Waals surface area contributed by atoms with Gasteiger partial charge in [0.2, 0.25) is 11.8 Å². The van der Waals surface area contributed by atoms with Crippen LogP contribution in [0.2, 0.25) is 0 Å². The third-order valence-electron chi connectivity index (χ3n) is 7.54. The molecule has 0 bridgehead atoms. The van der Waals surface area contributed by atoms with Crippen LogP contribution in [-0.4, -0.2) is 77.5 Å². The van der Waals surface area contributed by atoms with E-state index in [0.29, 0.717) is 5.16 Å². The van der Waals surface area contributed by atoms with Crippen molar-refractivity contribution in [2.75, 3.05) is 11.6 Å². The zero-order valence-corrected chi connectivity index (χ0v) is 24.6. The number of fused-ring (bicyclic) bond motifs is 1. The molecule has 41 heavy (non-hydrogen) atoms. The van der Waals surface area contributed by atoms with Gasteiger partial charge in [0.15, 0.2) is 11.3 Å². The van der Waals surface area contributed by atoms with Crippen LogP contribution in [0.5, 0.6) is 0 Å². The van der Waals surface area contributed by atoms with Crippen LogP contribution < -0.4 is 10.6 Å². The summed E-state index contributed by atoms with van der Waals surface area (Å²) in [6, 6.07) is 15.6. The van der Waals surface area contributed by atoms with Crippen LogP contribution >= 0.6 is 23.5 Å². The summed E-state index contributed by atoms with van der Waals surface area (Å²) in [5.74, 6) is -0.893. The van der Waals surface area contributed by atoms with E-state index in [1.165, 1.54) is 40.3 Å². The number of rotatable bonds is 10. The van der Waals surface area contributed by atoms with E-state index in [1.54, 1.807) is 0 Å². The summed E-state index contributed by atoms with van der Waals surface area (Å²) in [5.41, 5.74) is 3.19. The molecule has 2 aromatic carbocycles. The number of aryl methyl sites for hydroxylation is 1. The van der Waals surface area contributed by atoms with Gasteiger partial charge in [-0.3, -0.25) is 19.5 Å². The van der Waals surface area contributed by atoms with Crippen LogP contribution in [0.3, 0.4) is 0 Å². The number of thioether (sulfide) groups is 2. The molecule has 4 N–H and O–H groups in total. The smallest absolute Gasteiger partial charge is 0.254 e. The van der Waals surface area contributed by atoms with Crippen molar-refractivity contribution in [3.8, 4) is 0 Å². The molecular formula is C29H34N6O4S2. The Morgan fingerprint density at radius 3 is 2.68 bits per heavy atom. The lowest BCUT2D eigenvalue weighted by atomic mass is 9.96. The Morgan fingerprint density at radius 2 is 1.93 bits per heavy atom. The minimum atomic E-state index is -1.55. The third kappa shape index (κ3) is 6.77. The van der Waals surface area contributed by atoms with Crippen LogP contribution in [0.15, 0.2) is 66.1 Å². The van der Waals surface area contributed by atoms with Gasteiger partial charge in [0.25, 0.3) is 5.91 Å². The molecule has 0 spiro atoms. The fourth-order valence-electron chi connectivity index (χ4n) is 5.47. The summed E-state index contributed by atoms with van der Waals surface area (Å²) in [4.78, 5) is 45.9. The molecule has 3 amide bonds. The lowest BCUT2D eigenvalue weighted by Crippen LogP contribution is -2.59. The van der Waals surface area contributed by atoms with Crippen molar-refractivity contribution < 1.29 is 19.5 Å². The Labute approximate surface area is 247 Å². The van der Waals surface area contributed by atoms with Crippen LogP contribution in [0, 0.1) is 0 Å². The predicted molar refractivity (Wildman–Crippen MR) is 158 cm³/mol. The van der Waals surface area contributed by atoms with Crippen LogP contribution in [0.25, 0.3) is 0 Å². The Hall–Kier alpha value is -3.35. The van der Waals surface area contributed by atoms with E-state index in [4.69, 9.17) is 0 Å². The number of aromatic nitrogens is 3. The van der Waals surface area contributed by atoms with Crippen LogP contribution in [0.4, 0.5) is 0 Å². The monoisotopic (exact) mass is 594 g/mol. The Morgan fingerprint density at radius 1 is 1.17 bits per heavy atom. The molecule has 4 atom stereocenters. The van der Waals surface area contributed by atoms with E-state index in [1.807, 2.05) is 62.4 Å². The molecule has 0 radical (unpaired) electrons. The Balaban J connectivity index is 1.31. The van der Waals surface area contributed by atoms with E-state index < -0.39 is 28.8 Å². The number of amides is 3. The maximum atomic E-state index is 13.8. The van der Waals surface area contributed by atoms with Gasteiger partial charge in [-0.2, -0.15) is 5.10 Å². The molecule has 4 unspecified atom stereocenters. The second-order valence-corrected chi connectivity index (χ2v) is 13.3. The number of carbonyl (C=O) groups excluding carboxylic acids is 3. The first kappa shape index (κ1) is 29.2. The molecule has 10 nitrogen and oxygen atoms in total. The van der Waals surface area contributed by atoms with Gasteiger partial charge < -0.3 is 20.6 Å². The molecule has 3 aromatic rings. The minimum Gasteiger partial charge on any atom is -0.381 e. The van der Waals surface area contributed by atoms with Crippen molar-refractivity contribution in [3.05, 3.63) is 77.6 Å². The number of H-pyrrole nitrogens is 1. The molecular weight excluding hydrogens is 560 g/mol. The number of carbonyl (C=O) groups is 3. The highest BCUT2D eigenvalue weighted by Crippen LogP contribution is 2.41. The summed E-state index contributed by atoms with van der Waals surface area (Å²) in [6.45, 7) is 3.88. The standard InChI is InChI=1S/C29H34N6O4S2/c1-29(2)25(26(38)33-21-13-12-19-10-6-7-11-20(19)21)35(17-41-29)27(39)24(37)22(14-18-8-4-3-5-9-18)32-23(36)15-40-28-30-16-31-34-28/h3-11,16,21-22,24-25,37H,12-15,17H2,1-2H3,(H,32,36)(H,33,38)(H,30,31,34). The molecule has 2 heterocycles. The molecule has 1 aliphatic carbocycles. The molecule has 2 aliphatic rings. The number of nitrogens with one attached hydrogen (secondary N) is 3. The van der Waals surface area contributed by atoms with E-state index in [-0.39, 0.29) is 35.9 Å². The molecule has 1 aliphatic heterocycles. The first-order chi connectivity index (χ1) is 19.7. The third-order valence-corrected chi connectivity index (χ3v) is 9.79. The van der Waals surface area contributed by atoms with Crippen molar-refractivity contribution >= 4 is 41.2 Å². The molecule has 216 valence electrons. The summed E-state index contributed by atoms with van der Waals surface area (Å²) >= 11 is 2.66. The number of nitrogens with zero attached hydrogens (tertiary/aromatic N) is 3. The summed E-state index contributed by atoms with van der Waals surface area (Å²) in [7, 11) is 0. The van der Waals surface area contributed by atoms with Crippen molar-refractivity contribution in [2.24, 2.45) is 0 Å². The normalized spacial score (nSPS) is 20.7. The Kier molecular flexibility index (Phi) is 9.00. The van der Waals surface area contributed by atoms with E-state index in [9.17, 15) is 19.5 Å². The average Bonchev–Trinajstić information content (AvgIpc) is 3.70. The van der Waals surface area contributed by atoms with Crippen molar-refractivity contribution in [2.45, 2.75) is 67.2 Å². The number of hydrogen-bond acceptors (Lipinski definition) is 8. The Bertz CT molecular complexity index is 1370. The van der Waals surface area contributed by atoms with Gasteiger partial charge in [-0.05, 0) is 49.8 Å². The maximum absolute atomic E-state index is 13.8.